The fourth-order valence-electron chi connectivity index (χ4n) is 5.66. The van der Waals surface area contributed by atoms with Gasteiger partial charge in [-0.05, 0) is 103 Å². The first kappa shape index (κ1) is 48.2. The van der Waals surface area contributed by atoms with E-state index >= 15 is 0 Å². The van der Waals surface area contributed by atoms with Crippen LogP contribution in [-0.4, -0.2) is 78.7 Å². The molecule has 1 amide bonds. The minimum Gasteiger partial charge on any atom is -0.466 e. The molecule has 50 heavy (non-hydrogen) atoms. The zero-order valence-corrected chi connectivity index (χ0v) is 33.9. The first-order valence-corrected chi connectivity index (χ1v) is 21.7. The number of allylic oxidation sites excluding steroid dienone is 4. The molecule has 292 valence electrons. The number of rotatable bonds is 36. The molecule has 0 fully saturated rings. The highest BCUT2D eigenvalue weighted by Gasteiger charge is 2.14. The van der Waals surface area contributed by atoms with Crippen molar-refractivity contribution >= 4 is 28.9 Å². The number of carbonyl (C=O) groups excluding carboxylic acids is 3. The molecule has 0 radical (unpaired) electrons. The Morgan fingerprint density at radius 1 is 0.500 bits per heavy atom. The number of nitrogens with zero attached hydrogens (tertiary/aromatic N) is 2. The Bertz CT molecular complexity index is 794. The van der Waals surface area contributed by atoms with E-state index in [9.17, 15) is 14.4 Å². The number of hydrogen-bond donors (Lipinski definition) is 0. The molecule has 0 aromatic heterocycles. The molecule has 0 saturated heterocycles. The summed E-state index contributed by atoms with van der Waals surface area (Å²) in [7, 11) is 0. The molecule has 0 bridgehead atoms. The normalized spacial score (nSPS) is 11.6. The van der Waals surface area contributed by atoms with Gasteiger partial charge < -0.3 is 19.3 Å². The number of carbonyl (C=O) groups is 3. The monoisotopic (exact) mass is 723 g/mol. The number of thioether (sulfide) groups is 1. The summed E-state index contributed by atoms with van der Waals surface area (Å²) >= 11 is 1.46. The van der Waals surface area contributed by atoms with Crippen molar-refractivity contribution in [2.75, 3.05) is 51.7 Å². The highest BCUT2D eigenvalue weighted by molar-refractivity contribution is 8.13. The van der Waals surface area contributed by atoms with E-state index in [-0.39, 0.29) is 17.2 Å². The fourth-order valence-corrected chi connectivity index (χ4v) is 6.47. The number of amides is 1. The van der Waals surface area contributed by atoms with Gasteiger partial charge in [-0.2, -0.15) is 0 Å². The van der Waals surface area contributed by atoms with Crippen molar-refractivity contribution in [1.82, 2.24) is 9.80 Å². The molecule has 0 aromatic carbocycles. The lowest BCUT2D eigenvalue weighted by atomic mass is 10.1. The van der Waals surface area contributed by atoms with Gasteiger partial charge in [0.2, 0.25) is 0 Å². The van der Waals surface area contributed by atoms with Gasteiger partial charge in [0.05, 0.1) is 13.2 Å². The maximum Gasteiger partial charge on any atom is 0.306 e. The van der Waals surface area contributed by atoms with E-state index in [2.05, 4.69) is 56.9 Å². The first-order chi connectivity index (χ1) is 24.5. The summed E-state index contributed by atoms with van der Waals surface area (Å²) < 4.78 is 10.9. The minimum atomic E-state index is -0.107. The van der Waals surface area contributed by atoms with Gasteiger partial charge in [-0.15, -0.1) is 0 Å². The van der Waals surface area contributed by atoms with Crippen molar-refractivity contribution in [2.45, 2.75) is 175 Å². The van der Waals surface area contributed by atoms with Crippen LogP contribution < -0.4 is 0 Å². The lowest BCUT2D eigenvalue weighted by Crippen LogP contribution is -2.30. The molecule has 0 aliphatic heterocycles. The van der Waals surface area contributed by atoms with Gasteiger partial charge in [0.15, 0.2) is 0 Å². The molecule has 7 nitrogen and oxygen atoms in total. The van der Waals surface area contributed by atoms with E-state index in [4.69, 9.17) is 9.47 Å². The van der Waals surface area contributed by atoms with Gasteiger partial charge >= 0.3 is 11.9 Å². The summed E-state index contributed by atoms with van der Waals surface area (Å²) in [6.45, 7) is 14.5. The lowest BCUT2D eigenvalue weighted by molar-refractivity contribution is -0.144. The van der Waals surface area contributed by atoms with E-state index in [1.807, 2.05) is 4.90 Å². The Labute approximate surface area is 313 Å². The highest BCUT2D eigenvalue weighted by Crippen LogP contribution is 2.15. The lowest BCUT2D eigenvalue weighted by Gasteiger charge is -2.23. The van der Waals surface area contributed by atoms with E-state index in [0.29, 0.717) is 26.1 Å². The molecule has 0 N–H and O–H groups in total. The van der Waals surface area contributed by atoms with Crippen LogP contribution in [0.25, 0.3) is 0 Å². The zero-order valence-electron chi connectivity index (χ0n) is 33.1. The van der Waals surface area contributed by atoms with Gasteiger partial charge in [-0.3, -0.25) is 14.4 Å². The maximum absolute atomic E-state index is 13.1. The third-order valence-electron chi connectivity index (χ3n) is 8.98. The molecule has 8 heteroatoms. The standard InChI is InChI=1S/C42H78N2O5S/c1-5-9-11-13-15-17-19-25-32-40(45)48-37-29-23-21-27-35-44(42(47)50-39-31-34-43(7-3)8-4)36-28-22-24-30-38-49-41(46)33-26-20-18-16-14-12-10-6-2/h17-20H,5-16,21-39H2,1-4H3/b19-17-,20-18-. The predicted octanol–water partition coefficient (Wildman–Crippen LogP) is 11.7. The molecule has 0 unspecified atom stereocenters. The van der Waals surface area contributed by atoms with Crippen molar-refractivity contribution in [2.24, 2.45) is 0 Å². The van der Waals surface area contributed by atoms with Crippen LogP contribution >= 0.6 is 11.8 Å². The van der Waals surface area contributed by atoms with Crippen LogP contribution in [-0.2, 0) is 19.1 Å². The van der Waals surface area contributed by atoms with Crippen LogP contribution in [0.1, 0.15) is 175 Å². The molecule has 0 atom stereocenters. The van der Waals surface area contributed by atoms with Crippen LogP contribution in [0, 0.1) is 0 Å². The molecule has 0 rings (SSSR count). The van der Waals surface area contributed by atoms with E-state index < -0.39 is 0 Å². The van der Waals surface area contributed by atoms with Crippen LogP contribution in [0.5, 0.6) is 0 Å². The number of hydrogen-bond acceptors (Lipinski definition) is 7. The molecule has 0 heterocycles. The average Bonchev–Trinajstić information content (AvgIpc) is 3.12. The predicted molar refractivity (Wildman–Crippen MR) is 215 cm³/mol. The molecule has 0 spiro atoms. The van der Waals surface area contributed by atoms with Gasteiger partial charge in [-0.1, -0.05) is 115 Å². The third-order valence-corrected chi connectivity index (χ3v) is 9.98. The summed E-state index contributed by atoms with van der Waals surface area (Å²) in [5, 5.41) is 0.192. The van der Waals surface area contributed by atoms with Crippen molar-refractivity contribution in [3.8, 4) is 0 Å². The highest BCUT2D eigenvalue weighted by atomic mass is 32.2. The Balaban J connectivity index is 4.24. The number of ether oxygens (including phenoxy) is 2. The number of esters is 2. The second-order valence-corrected chi connectivity index (χ2v) is 14.5. The van der Waals surface area contributed by atoms with E-state index in [1.165, 1.54) is 63.1 Å². The van der Waals surface area contributed by atoms with Gasteiger partial charge in [-0.25, -0.2) is 0 Å². The van der Waals surface area contributed by atoms with Crippen LogP contribution in [0.15, 0.2) is 24.3 Å². The van der Waals surface area contributed by atoms with Gasteiger partial charge in [0.25, 0.3) is 5.24 Å². The van der Waals surface area contributed by atoms with Crippen molar-refractivity contribution < 1.29 is 23.9 Å². The minimum absolute atomic E-state index is 0.107. The van der Waals surface area contributed by atoms with Crippen molar-refractivity contribution in [1.29, 1.82) is 0 Å². The quantitative estimate of drug-likeness (QED) is 0.0362. The first-order valence-electron chi connectivity index (χ1n) is 20.7. The molecule has 0 saturated carbocycles. The van der Waals surface area contributed by atoms with E-state index in [0.717, 1.165) is 122 Å². The Morgan fingerprint density at radius 2 is 0.940 bits per heavy atom. The second kappa shape index (κ2) is 38.4. The molecular formula is C42H78N2O5S. The zero-order chi connectivity index (χ0) is 36.8. The van der Waals surface area contributed by atoms with Crippen molar-refractivity contribution in [3.63, 3.8) is 0 Å². The SMILES string of the molecule is CCCCCC/C=C\CCC(=O)OCCCCCCN(CCCCCCOC(=O)CC/C=C\CCCCCC)C(=O)SCCCN(CC)CC. The smallest absolute Gasteiger partial charge is 0.306 e. The summed E-state index contributed by atoms with van der Waals surface area (Å²) in [5.41, 5.74) is 0. The van der Waals surface area contributed by atoms with Crippen LogP contribution in [0.3, 0.4) is 0 Å². The van der Waals surface area contributed by atoms with Gasteiger partial charge in [0.1, 0.15) is 0 Å². The van der Waals surface area contributed by atoms with Crippen molar-refractivity contribution in [3.05, 3.63) is 24.3 Å². The fraction of sp³-hybridized carbons (Fsp3) is 0.833. The van der Waals surface area contributed by atoms with Gasteiger partial charge in [0, 0.05) is 31.7 Å². The Kier molecular flexibility index (Phi) is 37.0. The third kappa shape index (κ3) is 33.3. The summed E-state index contributed by atoms with van der Waals surface area (Å²) in [5.74, 6) is 0.640. The number of unbranched alkanes of at least 4 members (excludes halogenated alkanes) is 14. The molecule has 0 aromatic rings. The average molecular weight is 723 g/mol. The Hall–Kier alpha value is -1.80. The topological polar surface area (TPSA) is 76.1 Å². The molecular weight excluding hydrogens is 645 g/mol. The molecule has 0 aliphatic rings. The maximum atomic E-state index is 13.1. The summed E-state index contributed by atoms with van der Waals surface area (Å²) in [6.07, 6.45) is 32.1. The van der Waals surface area contributed by atoms with Crippen LogP contribution in [0.2, 0.25) is 0 Å². The second-order valence-electron chi connectivity index (χ2n) is 13.5. The Morgan fingerprint density at radius 3 is 1.40 bits per heavy atom. The van der Waals surface area contributed by atoms with E-state index in [1.54, 1.807) is 0 Å². The van der Waals surface area contributed by atoms with Crippen LogP contribution in [0.4, 0.5) is 4.79 Å². The summed E-state index contributed by atoms with van der Waals surface area (Å²) in [4.78, 5) is 41.6. The summed E-state index contributed by atoms with van der Waals surface area (Å²) in [6, 6.07) is 0. The largest absolute Gasteiger partial charge is 0.466 e. The molecule has 0 aliphatic carbocycles.